The third kappa shape index (κ3) is 2.71. The van der Waals surface area contributed by atoms with Gasteiger partial charge < -0.3 is 9.52 Å². The van der Waals surface area contributed by atoms with Crippen molar-refractivity contribution in [3.8, 4) is 0 Å². The summed E-state index contributed by atoms with van der Waals surface area (Å²) in [7, 11) is 0. The van der Waals surface area contributed by atoms with Crippen LogP contribution in [0.25, 0.3) is 11.0 Å². The Morgan fingerprint density at radius 3 is 2.57 bits per heavy atom. The Hall–Kier alpha value is -1.61. The molecule has 3 nitrogen and oxygen atoms in total. The lowest BCUT2D eigenvalue weighted by molar-refractivity contribution is 0.318. The highest BCUT2D eigenvalue weighted by molar-refractivity contribution is 5.75. The number of aliphatic hydroxyl groups is 1. The molecule has 0 aliphatic rings. The van der Waals surface area contributed by atoms with Crippen molar-refractivity contribution in [1.29, 1.82) is 0 Å². The van der Waals surface area contributed by atoms with Gasteiger partial charge in [0.15, 0.2) is 0 Å². The summed E-state index contributed by atoms with van der Waals surface area (Å²) in [5.41, 5.74) is 0.337. The molecule has 0 aliphatic carbocycles. The van der Waals surface area contributed by atoms with E-state index < -0.39 is 0 Å². The molecule has 3 heteroatoms. The van der Waals surface area contributed by atoms with Crippen molar-refractivity contribution in [2.45, 2.75) is 6.92 Å². The second kappa shape index (κ2) is 5.19. The second-order valence-electron chi connectivity index (χ2n) is 2.61. The molecule has 0 bridgehead atoms. The number of hydrogen-bond acceptors (Lipinski definition) is 3. The van der Waals surface area contributed by atoms with Crippen LogP contribution in [0.5, 0.6) is 0 Å². The first-order valence-corrected chi connectivity index (χ1v) is 4.37. The number of para-hydroxylation sites is 1. The predicted octanol–water partition coefficient (Wildman–Crippen LogP) is 1.79. The van der Waals surface area contributed by atoms with Crippen LogP contribution in [0.1, 0.15) is 6.92 Å². The average Bonchev–Trinajstić information content (AvgIpc) is 2.19. The number of aliphatic hydroxyl groups excluding tert-OH is 1. The minimum absolute atomic E-state index is 0.250. The maximum atomic E-state index is 10.7. The van der Waals surface area contributed by atoms with Gasteiger partial charge in [-0.05, 0) is 19.1 Å². The minimum Gasteiger partial charge on any atom is -0.423 e. The van der Waals surface area contributed by atoms with Crippen molar-refractivity contribution in [2.75, 3.05) is 6.61 Å². The van der Waals surface area contributed by atoms with E-state index in [9.17, 15) is 4.79 Å². The van der Waals surface area contributed by atoms with E-state index in [-0.39, 0.29) is 12.2 Å². The first-order chi connectivity index (χ1) is 6.77. The highest BCUT2D eigenvalue weighted by Gasteiger charge is 1.92. The summed E-state index contributed by atoms with van der Waals surface area (Å²) in [6.07, 6.45) is 0. The average molecular weight is 192 g/mol. The summed E-state index contributed by atoms with van der Waals surface area (Å²) in [6, 6.07) is 10.6. The smallest absolute Gasteiger partial charge is 0.336 e. The van der Waals surface area contributed by atoms with Crippen LogP contribution in [-0.4, -0.2) is 11.7 Å². The van der Waals surface area contributed by atoms with Crippen LogP contribution in [-0.2, 0) is 0 Å². The predicted molar refractivity (Wildman–Crippen MR) is 55.2 cm³/mol. The lowest BCUT2D eigenvalue weighted by Crippen LogP contribution is -1.93. The van der Waals surface area contributed by atoms with Gasteiger partial charge in [0.2, 0.25) is 0 Å². The molecule has 0 saturated carbocycles. The molecular weight excluding hydrogens is 180 g/mol. The van der Waals surface area contributed by atoms with Crippen LogP contribution >= 0.6 is 0 Å². The fourth-order valence-electron chi connectivity index (χ4n) is 1.01. The molecule has 0 amide bonds. The maximum Gasteiger partial charge on any atom is 0.336 e. The third-order valence-corrected chi connectivity index (χ3v) is 1.53. The molecule has 74 valence electrons. The summed E-state index contributed by atoms with van der Waals surface area (Å²) >= 11 is 0. The van der Waals surface area contributed by atoms with Gasteiger partial charge in [-0.3, -0.25) is 0 Å². The Labute approximate surface area is 81.6 Å². The van der Waals surface area contributed by atoms with Gasteiger partial charge in [0, 0.05) is 18.1 Å². The van der Waals surface area contributed by atoms with E-state index in [0.29, 0.717) is 5.58 Å². The second-order valence-corrected chi connectivity index (χ2v) is 2.61. The van der Waals surface area contributed by atoms with Gasteiger partial charge in [-0.1, -0.05) is 18.2 Å². The van der Waals surface area contributed by atoms with Gasteiger partial charge in [-0.15, -0.1) is 0 Å². The molecule has 0 aliphatic heterocycles. The Kier molecular flexibility index (Phi) is 3.88. The molecule has 2 rings (SSSR count). The van der Waals surface area contributed by atoms with E-state index in [0.717, 1.165) is 5.39 Å². The molecular formula is C11H12O3. The fraction of sp³-hybridized carbons (Fsp3) is 0.182. The van der Waals surface area contributed by atoms with Crippen molar-refractivity contribution in [3.05, 3.63) is 46.8 Å². The standard InChI is InChI=1S/C9H6O2.C2H6O/c10-9-6-5-7-3-1-2-4-8(7)11-9;1-2-3/h1-6H;3H,2H2,1H3. The summed E-state index contributed by atoms with van der Waals surface area (Å²) in [4.78, 5) is 10.7. The molecule has 0 spiro atoms. The molecule has 1 N–H and O–H groups in total. The zero-order valence-corrected chi connectivity index (χ0v) is 7.93. The molecule has 1 heterocycles. The molecule has 1 aromatic heterocycles. The summed E-state index contributed by atoms with van der Waals surface area (Å²) in [6.45, 7) is 1.93. The first-order valence-electron chi connectivity index (χ1n) is 4.37. The Morgan fingerprint density at radius 2 is 1.86 bits per heavy atom. The molecule has 14 heavy (non-hydrogen) atoms. The number of rotatable bonds is 0. The lowest BCUT2D eigenvalue weighted by atomic mass is 10.2. The molecule has 0 atom stereocenters. The number of fused-ring (bicyclic) bond motifs is 1. The van der Waals surface area contributed by atoms with Crippen molar-refractivity contribution in [1.82, 2.24) is 0 Å². The van der Waals surface area contributed by atoms with Gasteiger partial charge in [0.25, 0.3) is 0 Å². The van der Waals surface area contributed by atoms with Gasteiger partial charge in [0.1, 0.15) is 5.58 Å². The van der Waals surface area contributed by atoms with Crippen LogP contribution in [0.2, 0.25) is 0 Å². The SMILES string of the molecule is CCO.O=c1ccc2ccccc2o1. The van der Waals surface area contributed by atoms with Crippen LogP contribution in [0.4, 0.5) is 0 Å². The van der Waals surface area contributed by atoms with Crippen LogP contribution in [0.15, 0.2) is 45.6 Å². The topological polar surface area (TPSA) is 50.4 Å². The third-order valence-electron chi connectivity index (χ3n) is 1.53. The Morgan fingerprint density at radius 1 is 1.21 bits per heavy atom. The monoisotopic (exact) mass is 192 g/mol. The van der Waals surface area contributed by atoms with Crippen LogP contribution in [0.3, 0.4) is 0 Å². The van der Waals surface area contributed by atoms with Crippen molar-refractivity contribution in [3.63, 3.8) is 0 Å². The van der Waals surface area contributed by atoms with Crippen molar-refractivity contribution in [2.24, 2.45) is 0 Å². The summed E-state index contributed by atoms with van der Waals surface area (Å²) in [5, 5.41) is 8.52. The van der Waals surface area contributed by atoms with E-state index in [1.54, 1.807) is 19.1 Å². The maximum absolute atomic E-state index is 10.7. The van der Waals surface area contributed by atoms with Crippen LogP contribution in [0, 0.1) is 0 Å². The van der Waals surface area contributed by atoms with Crippen molar-refractivity contribution < 1.29 is 9.52 Å². The minimum atomic E-state index is -0.302. The van der Waals surface area contributed by atoms with Gasteiger partial charge >= 0.3 is 5.63 Å². The molecule has 0 unspecified atom stereocenters. The highest BCUT2D eigenvalue weighted by Crippen LogP contribution is 2.08. The van der Waals surface area contributed by atoms with Crippen molar-refractivity contribution >= 4 is 11.0 Å². The molecule has 0 saturated heterocycles. The van der Waals surface area contributed by atoms with E-state index >= 15 is 0 Å². The molecule has 0 fully saturated rings. The van der Waals surface area contributed by atoms with Gasteiger partial charge in [-0.25, -0.2) is 4.79 Å². The highest BCUT2D eigenvalue weighted by atomic mass is 16.4. The zero-order valence-electron chi connectivity index (χ0n) is 7.93. The summed E-state index contributed by atoms with van der Waals surface area (Å²) in [5.74, 6) is 0. The van der Waals surface area contributed by atoms with E-state index in [4.69, 9.17) is 9.52 Å². The fourth-order valence-corrected chi connectivity index (χ4v) is 1.01. The van der Waals surface area contributed by atoms with Gasteiger partial charge in [-0.2, -0.15) is 0 Å². The number of hydrogen-bond donors (Lipinski definition) is 1. The molecule has 0 radical (unpaired) electrons. The first kappa shape index (κ1) is 10.5. The van der Waals surface area contributed by atoms with E-state index in [1.807, 2.05) is 18.2 Å². The Balaban J connectivity index is 0.000000293. The quantitative estimate of drug-likeness (QED) is 0.647. The van der Waals surface area contributed by atoms with E-state index in [1.165, 1.54) is 6.07 Å². The number of benzene rings is 1. The van der Waals surface area contributed by atoms with Gasteiger partial charge in [0.05, 0.1) is 0 Å². The lowest BCUT2D eigenvalue weighted by Gasteiger charge is -1.91. The van der Waals surface area contributed by atoms with E-state index in [2.05, 4.69) is 0 Å². The molecule has 2 aromatic rings. The van der Waals surface area contributed by atoms with Crippen LogP contribution < -0.4 is 5.63 Å². The normalized spacial score (nSPS) is 9.29. The molecule has 1 aromatic carbocycles. The Bertz CT molecular complexity index is 445. The summed E-state index contributed by atoms with van der Waals surface area (Å²) < 4.78 is 4.91. The zero-order chi connectivity index (χ0) is 10.4. The largest absolute Gasteiger partial charge is 0.423 e.